The average molecular weight is 773 g/mol. The number of methoxy groups -OCH3 is 2. The molecule has 284 valence electrons. The number of rotatable bonds is 18. The highest BCUT2D eigenvalue weighted by atomic mass is 35.5. The lowest BCUT2D eigenvalue weighted by Gasteiger charge is -2.39. The van der Waals surface area contributed by atoms with Crippen molar-refractivity contribution in [3.05, 3.63) is 99.7 Å². The van der Waals surface area contributed by atoms with Gasteiger partial charge in [-0.25, -0.2) is 0 Å². The van der Waals surface area contributed by atoms with Crippen LogP contribution in [0.2, 0.25) is 10.0 Å². The van der Waals surface area contributed by atoms with Crippen LogP contribution in [-0.2, 0) is 29.2 Å². The molecule has 0 spiro atoms. The van der Waals surface area contributed by atoms with Crippen LogP contribution in [0.4, 0.5) is 0 Å². The van der Waals surface area contributed by atoms with Gasteiger partial charge < -0.3 is 30.0 Å². The van der Waals surface area contributed by atoms with Crippen LogP contribution < -0.4 is 20.1 Å². The maximum atomic E-state index is 11.3. The maximum Gasteiger partial charge on any atom is 0.306 e. The maximum absolute atomic E-state index is 11.3. The Hall–Kier alpha value is -4.45. The van der Waals surface area contributed by atoms with E-state index in [-0.39, 0.29) is 18.0 Å². The van der Waals surface area contributed by atoms with Crippen LogP contribution in [0.1, 0.15) is 42.4 Å². The molecule has 1 heterocycles. The van der Waals surface area contributed by atoms with Gasteiger partial charge in [0.05, 0.1) is 43.4 Å². The molecule has 6 rings (SSSR count). The zero-order valence-electron chi connectivity index (χ0n) is 31.1. The van der Waals surface area contributed by atoms with Crippen LogP contribution in [0.5, 0.6) is 11.5 Å². The second-order valence-electron chi connectivity index (χ2n) is 13.9. The topological polar surface area (TPSA) is 118 Å². The van der Waals surface area contributed by atoms with Crippen molar-refractivity contribution >= 4 is 46.4 Å². The van der Waals surface area contributed by atoms with Gasteiger partial charge in [-0.05, 0) is 74.3 Å². The standard InChI is InChI=1S/C42H47Cl2N5O5/c1-45-31(8-7-15-50)22-46-21-27-14-13-26(19-39(27)53-3)33-9-5-11-35(41(33)44)34-10-6-12-38-36(34)23-47-49(38)25-29-20-40(54-4)30(18-37(29)43)24-48(2)32-16-28(17-32)42(51)52/h5-6,9-15,18-20,23,28,31-32,45-46H,7-8,16-17,21-22,24-25H2,1-4H3,(H,51,52). The molecule has 12 heteroatoms. The molecule has 0 saturated heterocycles. The molecule has 1 saturated carbocycles. The van der Waals surface area contributed by atoms with Crippen molar-refractivity contribution in [1.82, 2.24) is 25.3 Å². The molecule has 0 amide bonds. The number of ether oxygens (including phenoxy) is 2. The molecule has 10 nitrogen and oxygen atoms in total. The van der Waals surface area contributed by atoms with E-state index in [1.54, 1.807) is 14.2 Å². The van der Waals surface area contributed by atoms with Crippen molar-refractivity contribution in [3.63, 3.8) is 0 Å². The smallest absolute Gasteiger partial charge is 0.306 e. The molecule has 1 fully saturated rings. The van der Waals surface area contributed by atoms with Gasteiger partial charge in [0.2, 0.25) is 0 Å². The molecule has 0 aliphatic heterocycles. The highest BCUT2D eigenvalue weighted by Crippen LogP contribution is 2.41. The molecule has 1 aromatic heterocycles. The van der Waals surface area contributed by atoms with E-state index in [0.29, 0.717) is 48.9 Å². The zero-order valence-corrected chi connectivity index (χ0v) is 32.6. The van der Waals surface area contributed by atoms with Crippen molar-refractivity contribution in [2.24, 2.45) is 5.92 Å². The Kier molecular flexibility index (Phi) is 12.9. The van der Waals surface area contributed by atoms with Crippen molar-refractivity contribution in [2.45, 2.75) is 57.4 Å². The molecule has 1 unspecified atom stereocenters. The minimum Gasteiger partial charge on any atom is -0.496 e. The van der Waals surface area contributed by atoms with Crippen molar-refractivity contribution in [3.8, 4) is 33.8 Å². The number of nitrogens with zero attached hydrogens (tertiary/aromatic N) is 3. The lowest BCUT2D eigenvalue weighted by molar-refractivity contribution is -0.146. The number of carbonyl (C=O) groups is 2. The lowest BCUT2D eigenvalue weighted by Crippen LogP contribution is -2.44. The highest BCUT2D eigenvalue weighted by Gasteiger charge is 2.36. The summed E-state index contributed by atoms with van der Waals surface area (Å²) in [6, 6.07) is 22.6. The minimum absolute atomic E-state index is 0.208. The summed E-state index contributed by atoms with van der Waals surface area (Å²) in [4.78, 5) is 24.3. The number of hydrogen-bond donors (Lipinski definition) is 3. The Morgan fingerprint density at radius 1 is 1.00 bits per heavy atom. The van der Waals surface area contributed by atoms with Crippen molar-refractivity contribution < 1.29 is 24.2 Å². The van der Waals surface area contributed by atoms with E-state index in [0.717, 1.165) is 80.6 Å². The molecule has 1 aliphatic carbocycles. The van der Waals surface area contributed by atoms with Crippen molar-refractivity contribution in [1.29, 1.82) is 0 Å². The molecule has 3 N–H and O–H groups in total. The highest BCUT2D eigenvalue weighted by molar-refractivity contribution is 6.36. The minimum atomic E-state index is -0.727. The molecule has 4 aromatic carbocycles. The fraction of sp³-hybridized carbons (Fsp3) is 0.357. The van der Waals surface area contributed by atoms with Crippen molar-refractivity contribution in [2.75, 3.05) is 34.9 Å². The Morgan fingerprint density at radius 3 is 2.44 bits per heavy atom. The quantitative estimate of drug-likeness (QED) is 0.0771. The summed E-state index contributed by atoms with van der Waals surface area (Å²) in [5.41, 5.74) is 7.49. The van der Waals surface area contributed by atoms with Crippen LogP contribution in [-0.4, -0.2) is 79.0 Å². The van der Waals surface area contributed by atoms with Gasteiger partial charge in [-0.2, -0.15) is 5.10 Å². The number of halogens is 2. The number of benzene rings is 4. The second kappa shape index (κ2) is 17.8. The average Bonchev–Trinajstić information content (AvgIpc) is 3.56. The van der Waals surface area contributed by atoms with E-state index in [4.69, 9.17) is 37.8 Å². The summed E-state index contributed by atoms with van der Waals surface area (Å²) in [6.45, 7) is 2.39. The summed E-state index contributed by atoms with van der Waals surface area (Å²) in [7, 11) is 7.23. The van der Waals surface area contributed by atoms with E-state index in [9.17, 15) is 14.7 Å². The number of nitrogens with one attached hydrogen (secondary N) is 2. The fourth-order valence-corrected chi connectivity index (χ4v) is 7.85. The van der Waals surface area contributed by atoms with E-state index in [2.05, 4.69) is 33.7 Å². The SMILES string of the molecule is CNC(CCC=O)CNCc1ccc(-c2cccc(-c3cccc4c3cnn4Cc3cc(OC)c(CN(C)C4CC(C(=O)O)C4)cc3Cl)c2Cl)cc1OC. The Morgan fingerprint density at radius 2 is 1.72 bits per heavy atom. The third-order valence-electron chi connectivity index (χ3n) is 10.6. The first kappa shape index (κ1) is 39.2. The molecular formula is C42H47Cl2N5O5. The van der Waals surface area contributed by atoms with Gasteiger partial charge in [0.25, 0.3) is 0 Å². The van der Waals surface area contributed by atoms with E-state index >= 15 is 0 Å². The van der Waals surface area contributed by atoms with E-state index in [1.807, 2.05) is 73.5 Å². The number of aldehydes is 1. The monoisotopic (exact) mass is 771 g/mol. The third kappa shape index (κ3) is 8.59. The van der Waals surface area contributed by atoms with E-state index in [1.165, 1.54) is 0 Å². The largest absolute Gasteiger partial charge is 0.496 e. The summed E-state index contributed by atoms with van der Waals surface area (Å²) in [6.07, 6.45) is 5.43. The number of carboxylic acid groups (broad SMARTS) is 1. The predicted molar refractivity (Wildman–Crippen MR) is 215 cm³/mol. The Balaban J connectivity index is 1.21. The molecule has 1 atom stereocenters. The van der Waals surface area contributed by atoms with Gasteiger partial charge in [0, 0.05) is 70.8 Å². The molecule has 54 heavy (non-hydrogen) atoms. The number of fused-ring (bicyclic) bond motifs is 1. The third-order valence-corrected chi connectivity index (χ3v) is 11.4. The first-order valence-electron chi connectivity index (χ1n) is 18.2. The van der Waals surface area contributed by atoms with Crippen LogP contribution in [0.25, 0.3) is 33.2 Å². The fourth-order valence-electron chi connectivity index (χ4n) is 7.26. The van der Waals surface area contributed by atoms with Gasteiger partial charge in [0.1, 0.15) is 17.8 Å². The van der Waals surface area contributed by atoms with Crippen LogP contribution in [0.15, 0.2) is 72.9 Å². The predicted octanol–water partition coefficient (Wildman–Crippen LogP) is 7.69. The number of hydrogen-bond acceptors (Lipinski definition) is 8. The number of aromatic nitrogens is 2. The van der Waals surface area contributed by atoms with E-state index < -0.39 is 5.97 Å². The number of likely N-dealkylation sites (N-methyl/N-ethyl adjacent to an activating group) is 1. The Bertz CT molecular complexity index is 2110. The van der Waals surface area contributed by atoms with Crippen LogP contribution >= 0.6 is 23.2 Å². The van der Waals surface area contributed by atoms with Crippen LogP contribution in [0, 0.1) is 5.92 Å². The molecule has 0 bridgehead atoms. The molecule has 0 radical (unpaired) electrons. The normalized spacial score (nSPS) is 16.0. The molecule has 5 aromatic rings. The number of carbonyl (C=O) groups excluding carboxylic acids is 1. The van der Waals surface area contributed by atoms with Gasteiger partial charge in [-0.3, -0.25) is 14.4 Å². The first-order chi connectivity index (χ1) is 26.1. The summed E-state index contributed by atoms with van der Waals surface area (Å²) in [5, 5.41) is 23.0. The number of aliphatic carboxylic acids is 1. The Labute approximate surface area is 326 Å². The van der Waals surface area contributed by atoms with Gasteiger partial charge >= 0.3 is 5.97 Å². The zero-order chi connectivity index (χ0) is 38.4. The van der Waals surface area contributed by atoms with Crippen LogP contribution in [0.3, 0.4) is 0 Å². The van der Waals surface area contributed by atoms with Gasteiger partial charge in [-0.15, -0.1) is 0 Å². The summed E-state index contributed by atoms with van der Waals surface area (Å²) < 4.78 is 13.5. The van der Waals surface area contributed by atoms with Gasteiger partial charge in [0.15, 0.2) is 0 Å². The van der Waals surface area contributed by atoms with Gasteiger partial charge in [-0.1, -0.05) is 65.7 Å². The second-order valence-corrected chi connectivity index (χ2v) is 14.7. The lowest BCUT2D eigenvalue weighted by atomic mass is 9.79. The summed E-state index contributed by atoms with van der Waals surface area (Å²) >= 11 is 14.1. The number of carboxylic acids is 1. The first-order valence-corrected chi connectivity index (χ1v) is 18.9. The molecular weight excluding hydrogens is 725 g/mol. The summed E-state index contributed by atoms with van der Waals surface area (Å²) in [5.74, 6) is 0.496. The molecule has 1 aliphatic rings.